The van der Waals surface area contributed by atoms with Gasteiger partial charge in [0.05, 0.1) is 5.69 Å². The number of para-hydroxylation sites is 1. The maximum Gasteiger partial charge on any atom is 0.0540 e. The van der Waals surface area contributed by atoms with Crippen molar-refractivity contribution in [3.8, 4) is 55.6 Å². The molecule has 0 heterocycles. The highest BCUT2D eigenvalue weighted by Gasteiger charge is 2.17. The predicted octanol–water partition coefficient (Wildman–Crippen LogP) is 14.6. The van der Waals surface area contributed by atoms with Gasteiger partial charge in [0.15, 0.2) is 0 Å². The van der Waals surface area contributed by atoms with Crippen molar-refractivity contribution in [3.05, 3.63) is 224 Å². The quantitative estimate of drug-likeness (QED) is 0.155. The topological polar surface area (TPSA) is 3.24 Å². The third-order valence-electron chi connectivity index (χ3n) is 10.1. The monoisotopic (exact) mass is 675 g/mol. The Morgan fingerprint density at radius 3 is 1.25 bits per heavy atom. The van der Waals surface area contributed by atoms with E-state index in [2.05, 4.69) is 229 Å². The van der Waals surface area contributed by atoms with Crippen LogP contribution in [0.15, 0.2) is 224 Å². The van der Waals surface area contributed by atoms with E-state index in [0.717, 1.165) is 17.1 Å². The van der Waals surface area contributed by atoms with Crippen LogP contribution >= 0.6 is 0 Å². The Kier molecular flexibility index (Phi) is 8.66. The fraction of sp³-hybridized carbons (Fsp3) is 0. The fourth-order valence-corrected chi connectivity index (χ4v) is 7.30. The van der Waals surface area contributed by atoms with Crippen molar-refractivity contribution < 1.29 is 0 Å². The zero-order chi connectivity index (χ0) is 35.4. The van der Waals surface area contributed by atoms with Crippen LogP contribution in [-0.2, 0) is 0 Å². The minimum atomic E-state index is 1.10. The number of anilines is 3. The van der Waals surface area contributed by atoms with Crippen LogP contribution in [0.1, 0.15) is 0 Å². The molecule has 1 nitrogen and oxygen atoms in total. The molecule has 0 amide bonds. The van der Waals surface area contributed by atoms with Gasteiger partial charge in [-0.25, -0.2) is 0 Å². The lowest BCUT2D eigenvalue weighted by molar-refractivity contribution is 1.28. The fourth-order valence-electron chi connectivity index (χ4n) is 7.30. The van der Waals surface area contributed by atoms with E-state index in [4.69, 9.17) is 0 Å². The van der Waals surface area contributed by atoms with Crippen LogP contribution in [0.5, 0.6) is 0 Å². The van der Waals surface area contributed by atoms with Crippen LogP contribution < -0.4 is 4.90 Å². The first-order chi connectivity index (χ1) is 26.3. The van der Waals surface area contributed by atoms with Gasteiger partial charge >= 0.3 is 0 Å². The van der Waals surface area contributed by atoms with Crippen LogP contribution in [0.25, 0.3) is 66.4 Å². The highest BCUT2D eigenvalue weighted by Crippen LogP contribution is 2.42. The SMILES string of the molecule is c1ccc(-c2ccc(-c3ccc(N(c4ccc(-c5cccc(-c6ccc7ccccc7c6)c5)cc4)c4ccccc4-c4ccccc4)cc3)cc2)cc1. The van der Waals surface area contributed by atoms with E-state index in [1.54, 1.807) is 0 Å². The second-order valence-corrected chi connectivity index (χ2v) is 13.4. The molecular formula is C52H37N. The lowest BCUT2D eigenvalue weighted by Crippen LogP contribution is -2.11. The zero-order valence-corrected chi connectivity index (χ0v) is 29.3. The summed E-state index contributed by atoms with van der Waals surface area (Å²) in [5.74, 6) is 0. The summed E-state index contributed by atoms with van der Waals surface area (Å²) in [5.41, 5.74) is 15.3. The van der Waals surface area contributed by atoms with Gasteiger partial charge in [-0.1, -0.05) is 182 Å². The van der Waals surface area contributed by atoms with E-state index in [-0.39, 0.29) is 0 Å². The molecule has 0 bridgehead atoms. The van der Waals surface area contributed by atoms with Crippen molar-refractivity contribution in [2.24, 2.45) is 0 Å². The van der Waals surface area contributed by atoms with Gasteiger partial charge in [0.1, 0.15) is 0 Å². The molecule has 1 heteroatoms. The van der Waals surface area contributed by atoms with E-state index in [1.165, 1.54) is 66.4 Å². The van der Waals surface area contributed by atoms with Crippen LogP contribution in [0, 0.1) is 0 Å². The molecule has 250 valence electrons. The second-order valence-electron chi connectivity index (χ2n) is 13.4. The number of rotatable bonds is 8. The van der Waals surface area contributed by atoms with Crippen molar-refractivity contribution in [2.45, 2.75) is 0 Å². The van der Waals surface area contributed by atoms with E-state index in [1.807, 2.05) is 0 Å². The Morgan fingerprint density at radius 1 is 0.226 bits per heavy atom. The average molecular weight is 676 g/mol. The van der Waals surface area contributed by atoms with Crippen molar-refractivity contribution in [3.63, 3.8) is 0 Å². The number of benzene rings is 9. The molecule has 9 aromatic rings. The predicted molar refractivity (Wildman–Crippen MR) is 226 cm³/mol. The molecular weight excluding hydrogens is 639 g/mol. The van der Waals surface area contributed by atoms with Crippen LogP contribution in [0.4, 0.5) is 17.1 Å². The van der Waals surface area contributed by atoms with Crippen molar-refractivity contribution in [2.75, 3.05) is 4.90 Å². The van der Waals surface area contributed by atoms with Gasteiger partial charge < -0.3 is 4.90 Å². The molecule has 0 spiro atoms. The standard InChI is InChI=1S/C52H37N/c1-3-12-38(13-4-1)40-22-24-41(25-23-40)42-28-32-49(33-29-42)53(52-21-10-9-20-51(52)44-15-5-2-6-16-44)50-34-30-43(31-35-50)46-18-11-19-47(36-46)48-27-26-39-14-7-8-17-45(39)37-48/h1-37H. The molecule has 0 aliphatic rings. The molecule has 0 radical (unpaired) electrons. The molecule has 0 saturated carbocycles. The summed E-state index contributed by atoms with van der Waals surface area (Å²) < 4.78 is 0. The first-order valence-corrected chi connectivity index (χ1v) is 18.2. The van der Waals surface area contributed by atoms with Gasteiger partial charge in [0.25, 0.3) is 0 Å². The molecule has 0 atom stereocenters. The maximum atomic E-state index is 2.37. The van der Waals surface area contributed by atoms with Gasteiger partial charge in [-0.15, -0.1) is 0 Å². The Morgan fingerprint density at radius 2 is 0.623 bits per heavy atom. The summed E-state index contributed by atoms with van der Waals surface area (Å²) in [5, 5.41) is 2.51. The molecule has 9 aromatic carbocycles. The average Bonchev–Trinajstić information content (AvgIpc) is 3.25. The largest absolute Gasteiger partial charge is 0.310 e. The lowest BCUT2D eigenvalue weighted by atomic mass is 9.97. The van der Waals surface area contributed by atoms with Crippen molar-refractivity contribution >= 4 is 27.8 Å². The molecule has 53 heavy (non-hydrogen) atoms. The Labute approximate surface area is 311 Å². The number of hydrogen-bond donors (Lipinski definition) is 0. The van der Waals surface area contributed by atoms with Crippen LogP contribution in [-0.4, -0.2) is 0 Å². The van der Waals surface area contributed by atoms with E-state index < -0.39 is 0 Å². The molecule has 0 aliphatic carbocycles. The van der Waals surface area contributed by atoms with Crippen molar-refractivity contribution in [1.29, 1.82) is 0 Å². The van der Waals surface area contributed by atoms with E-state index in [9.17, 15) is 0 Å². The smallest absolute Gasteiger partial charge is 0.0540 e. The van der Waals surface area contributed by atoms with Crippen LogP contribution in [0.3, 0.4) is 0 Å². The first kappa shape index (κ1) is 32.0. The van der Waals surface area contributed by atoms with E-state index in [0.29, 0.717) is 0 Å². The molecule has 0 saturated heterocycles. The molecule has 0 aromatic heterocycles. The number of hydrogen-bond acceptors (Lipinski definition) is 1. The Bertz CT molecular complexity index is 2620. The van der Waals surface area contributed by atoms with Crippen LogP contribution in [0.2, 0.25) is 0 Å². The van der Waals surface area contributed by atoms with Gasteiger partial charge in [-0.2, -0.15) is 0 Å². The molecule has 9 rings (SSSR count). The highest BCUT2D eigenvalue weighted by atomic mass is 15.1. The van der Waals surface area contributed by atoms with E-state index >= 15 is 0 Å². The summed E-state index contributed by atoms with van der Waals surface area (Å²) in [6, 6.07) is 80.8. The normalized spacial score (nSPS) is 11.0. The maximum absolute atomic E-state index is 2.37. The molecule has 0 unspecified atom stereocenters. The summed E-state index contributed by atoms with van der Waals surface area (Å²) in [4.78, 5) is 2.37. The highest BCUT2D eigenvalue weighted by molar-refractivity contribution is 5.90. The summed E-state index contributed by atoms with van der Waals surface area (Å²) in [6.07, 6.45) is 0. The lowest BCUT2D eigenvalue weighted by Gasteiger charge is -2.28. The molecule has 0 aliphatic heterocycles. The van der Waals surface area contributed by atoms with Crippen molar-refractivity contribution in [1.82, 2.24) is 0 Å². The molecule has 0 fully saturated rings. The zero-order valence-electron chi connectivity index (χ0n) is 29.3. The molecule has 0 N–H and O–H groups in total. The van der Waals surface area contributed by atoms with Gasteiger partial charge in [0.2, 0.25) is 0 Å². The van der Waals surface area contributed by atoms with Gasteiger partial charge in [0, 0.05) is 16.9 Å². The Hall–Kier alpha value is -6.96. The van der Waals surface area contributed by atoms with Gasteiger partial charge in [-0.05, 0) is 103 Å². The minimum Gasteiger partial charge on any atom is -0.310 e. The van der Waals surface area contributed by atoms with Gasteiger partial charge in [-0.3, -0.25) is 0 Å². The number of nitrogens with zero attached hydrogens (tertiary/aromatic N) is 1. The third kappa shape index (κ3) is 6.65. The summed E-state index contributed by atoms with van der Waals surface area (Å²) in [6.45, 7) is 0. The summed E-state index contributed by atoms with van der Waals surface area (Å²) in [7, 11) is 0. The second kappa shape index (κ2) is 14.3. The summed E-state index contributed by atoms with van der Waals surface area (Å²) >= 11 is 0. The minimum absolute atomic E-state index is 1.10. The first-order valence-electron chi connectivity index (χ1n) is 18.2. The number of fused-ring (bicyclic) bond motifs is 1. The Balaban J connectivity index is 1.07. The third-order valence-corrected chi connectivity index (χ3v) is 10.1.